The van der Waals surface area contributed by atoms with Gasteiger partial charge in [0, 0.05) is 11.5 Å². The Morgan fingerprint density at radius 1 is 1.53 bits per heavy atom. The van der Waals surface area contributed by atoms with Crippen molar-refractivity contribution in [3.63, 3.8) is 0 Å². The summed E-state index contributed by atoms with van der Waals surface area (Å²) in [5, 5.41) is 19.9. The van der Waals surface area contributed by atoms with Gasteiger partial charge in [-0.25, -0.2) is 0 Å². The molecule has 0 aliphatic heterocycles. The fourth-order valence-corrected chi connectivity index (χ4v) is 1.56. The van der Waals surface area contributed by atoms with Crippen LogP contribution in [0.5, 0.6) is 0 Å². The zero-order valence-electron chi connectivity index (χ0n) is 8.53. The molecule has 4 nitrogen and oxygen atoms in total. The summed E-state index contributed by atoms with van der Waals surface area (Å²) in [6.45, 7) is 3.62. The molecule has 0 unspecified atom stereocenters. The number of halogens is 1. The van der Waals surface area contributed by atoms with Crippen molar-refractivity contribution in [2.45, 2.75) is 19.3 Å². The Morgan fingerprint density at radius 3 is 2.60 bits per heavy atom. The molecule has 5 heteroatoms. The topological polar surface area (TPSA) is 63.4 Å². The third kappa shape index (κ3) is 2.54. The highest BCUT2D eigenvalue weighted by molar-refractivity contribution is 9.10. The highest BCUT2D eigenvalue weighted by atomic mass is 79.9. The van der Waals surface area contributed by atoms with Crippen molar-refractivity contribution in [1.29, 1.82) is 0 Å². The summed E-state index contributed by atoms with van der Waals surface area (Å²) < 4.78 is 0.449. The molecule has 0 spiro atoms. The molecule has 0 saturated heterocycles. The van der Waals surface area contributed by atoms with E-state index in [9.17, 15) is 10.1 Å². The van der Waals surface area contributed by atoms with Gasteiger partial charge in [0.25, 0.3) is 5.69 Å². The maximum Gasteiger partial charge on any atom is 0.283 e. The normalized spacial score (nSPS) is 11.5. The summed E-state index contributed by atoms with van der Waals surface area (Å²) in [5.74, 6) is 0. The monoisotopic (exact) mass is 273 g/mol. The Labute approximate surface area is 96.2 Å². The predicted octanol–water partition coefficient (Wildman–Crippen LogP) is 2.63. The first-order valence-electron chi connectivity index (χ1n) is 4.44. The quantitative estimate of drug-likeness (QED) is 0.680. The van der Waals surface area contributed by atoms with Crippen molar-refractivity contribution in [3.8, 4) is 0 Å². The van der Waals surface area contributed by atoms with Crippen molar-refractivity contribution in [2.24, 2.45) is 0 Å². The number of aliphatic hydroxyl groups is 1. The predicted molar refractivity (Wildman–Crippen MR) is 60.9 cm³/mol. The van der Waals surface area contributed by atoms with E-state index in [-0.39, 0.29) is 12.3 Å². The van der Waals surface area contributed by atoms with Gasteiger partial charge in [0.1, 0.15) is 0 Å². The highest BCUT2D eigenvalue weighted by Gasteiger charge is 2.23. The van der Waals surface area contributed by atoms with E-state index in [4.69, 9.17) is 5.11 Å². The summed E-state index contributed by atoms with van der Waals surface area (Å²) >= 11 is 3.12. The second kappa shape index (κ2) is 4.28. The minimum Gasteiger partial charge on any atom is -0.395 e. The van der Waals surface area contributed by atoms with Crippen LogP contribution in [0.4, 0.5) is 5.69 Å². The number of benzene rings is 1. The Kier molecular flexibility index (Phi) is 3.46. The zero-order valence-corrected chi connectivity index (χ0v) is 10.1. The van der Waals surface area contributed by atoms with Gasteiger partial charge in [-0.15, -0.1) is 0 Å². The van der Waals surface area contributed by atoms with Crippen LogP contribution in [0.1, 0.15) is 19.4 Å². The SMILES string of the molecule is CC(C)(CO)c1ccc(Br)c([N+](=O)[O-])c1. The smallest absolute Gasteiger partial charge is 0.283 e. The van der Waals surface area contributed by atoms with Crippen LogP contribution in [0, 0.1) is 10.1 Å². The first kappa shape index (κ1) is 12.1. The van der Waals surface area contributed by atoms with Crippen molar-refractivity contribution in [2.75, 3.05) is 6.61 Å². The van der Waals surface area contributed by atoms with E-state index in [1.54, 1.807) is 12.1 Å². The molecule has 15 heavy (non-hydrogen) atoms. The molecule has 1 rings (SSSR count). The van der Waals surface area contributed by atoms with E-state index in [1.807, 2.05) is 13.8 Å². The minimum atomic E-state index is -0.467. The molecule has 0 amide bonds. The molecule has 0 aliphatic carbocycles. The summed E-state index contributed by atoms with van der Waals surface area (Å²) in [4.78, 5) is 10.3. The largest absolute Gasteiger partial charge is 0.395 e. The first-order chi connectivity index (χ1) is 6.88. The minimum absolute atomic E-state index is 0.0222. The van der Waals surface area contributed by atoms with Crippen LogP contribution < -0.4 is 0 Å². The van der Waals surface area contributed by atoms with Crippen molar-refractivity contribution in [1.82, 2.24) is 0 Å². The molecule has 0 bridgehead atoms. The van der Waals surface area contributed by atoms with E-state index in [2.05, 4.69) is 15.9 Å². The average molecular weight is 274 g/mol. The maximum atomic E-state index is 10.7. The standard InChI is InChI=1S/C10H12BrNO3/c1-10(2,6-13)7-3-4-8(11)9(5-7)12(14)15/h3-5,13H,6H2,1-2H3. The second-order valence-electron chi connectivity index (χ2n) is 3.97. The second-order valence-corrected chi connectivity index (χ2v) is 4.82. The van der Waals surface area contributed by atoms with E-state index >= 15 is 0 Å². The number of nitro groups is 1. The number of aliphatic hydroxyl groups excluding tert-OH is 1. The molecule has 1 aromatic rings. The highest BCUT2D eigenvalue weighted by Crippen LogP contribution is 2.31. The van der Waals surface area contributed by atoms with E-state index in [0.717, 1.165) is 5.56 Å². The van der Waals surface area contributed by atoms with Gasteiger partial charge in [-0.3, -0.25) is 10.1 Å². The molecule has 0 saturated carbocycles. The van der Waals surface area contributed by atoms with Crippen LogP contribution in [0.15, 0.2) is 22.7 Å². The number of hydrogen-bond acceptors (Lipinski definition) is 3. The van der Waals surface area contributed by atoms with Crippen LogP contribution in [-0.4, -0.2) is 16.6 Å². The summed E-state index contributed by atoms with van der Waals surface area (Å²) in [5.41, 5.74) is 0.305. The molecule has 0 atom stereocenters. The van der Waals surface area contributed by atoms with Gasteiger partial charge in [-0.05, 0) is 27.6 Å². The molecule has 0 fully saturated rings. The van der Waals surface area contributed by atoms with Crippen LogP contribution in [-0.2, 0) is 5.41 Å². The summed E-state index contributed by atoms with van der Waals surface area (Å²) in [7, 11) is 0. The van der Waals surface area contributed by atoms with Crippen molar-refractivity contribution in [3.05, 3.63) is 38.3 Å². The van der Waals surface area contributed by atoms with Crippen LogP contribution >= 0.6 is 15.9 Å². The maximum absolute atomic E-state index is 10.7. The third-order valence-corrected chi connectivity index (χ3v) is 2.99. The molecule has 82 valence electrons. The molecule has 1 N–H and O–H groups in total. The molecule has 0 heterocycles. The van der Waals surface area contributed by atoms with Crippen LogP contribution in [0.3, 0.4) is 0 Å². The Hall–Kier alpha value is -0.940. The molecule has 0 radical (unpaired) electrons. The van der Waals surface area contributed by atoms with Gasteiger partial charge in [0.05, 0.1) is 16.0 Å². The first-order valence-corrected chi connectivity index (χ1v) is 5.23. The Bertz CT molecular complexity index is 390. The van der Waals surface area contributed by atoms with Crippen molar-refractivity contribution < 1.29 is 10.0 Å². The summed E-state index contributed by atoms with van der Waals surface area (Å²) in [6, 6.07) is 4.89. The van der Waals surface area contributed by atoms with E-state index in [1.165, 1.54) is 6.07 Å². The summed E-state index contributed by atoms with van der Waals surface area (Å²) in [6.07, 6.45) is 0. The molecular formula is C10H12BrNO3. The van der Waals surface area contributed by atoms with Gasteiger partial charge in [0.2, 0.25) is 0 Å². The van der Waals surface area contributed by atoms with E-state index < -0.39 is 10.3 Å². The van der Waals surface area contributed by atoms with Gasteiger partial charge in [-0.1, -0.05) is 19.9 Å². The van der Waals surface area contributed by atoms with Gasteiger partial charge >= 0.3 is 0 Å². The Morgan fingerprint density at radius 2 is 2.13 bits per heavy atom. The number of rotatable bonds is 3. The fourth-order valence-electron chi connectivity index (χ4n) is 1.16. The lowest BCUT2D eigenvalue weighted by Gasteiger charge is -2.21. The van der Waals surface area contributed by atoms with Crippen LogP contribution in [0.25, 0.3) is 0 Å². The number of nitro benzene ring substituents is 1. The van der Waals surface area contributed by atoms with Crippen molar-refractivity contribution >= 4 is 21.6 Å². The van der Waals surface area contributed by atoms with Crippen LogP contribution in [0.2, 0.25) is 0 Å². The average Bonchev–Trinajstić information content (AvgIpc) is 2.17. The number of nitrogens with zero attached hydrogens (tertiary/aromatic N) is 1. The molecule has 0 aliphatic rings. The van der Waals surface area contributed by atoms with Gasteiger partial charge in [0.15, 0.2) is 0 Å². The number of hydrogen-bond donors (Lipinski definition) is 1. The van der Waals surface area contributed by atoms with Gasteiger partial charge < -0.3 is 5.11 Å². The van der Waals surface area contributed by atoms with E-state index in [0.29, 0.717) is 4.47 Å². The lowest BCUT2D eigenvalue weighted by Crippen LogP contribution is -2.22. The Balaban J connectivity index is 3.25. The molecule has 1 aromatic carbocycles. The lowest BCUT2D eigenvalue weighted by molar-refractivity contribution is -0.385. The molecule has 0 aromatic heterocycles. The van der Waals surface area contributed by atoms with Gasteiger partial charge in [-0.2, -0.15) is 0 Å². The molecular weight excluding hydrogens is 262 g/mol. The zero-order chi connectivity index (χ0) is 11.6. The fraction of sp³-hybridized carbons (Fsp3) is 0.400. The lowest BCUT2D eigenvalue weighted by atomic mass is 9.85. The third-order valence-electron chi connectivity index (χ3n) is 2.32.